The molecule has 1 aliphatic rings. The lowest BCUT2D eigenvalue weighted by Gasteiger charge is -2.34. The molecule has 2 N–H and O–H groups in total. The van der Waals surface area contributed by atoms with Crippen LogP contribution in [0.5, 0.6) is 0 Å². The number of benzene rings is 2. The Balaban J connectivity index is 1.77. The Hall–Kier alpha value is -1.56. The van der Waals surface area contributed by atoms with Gasteiger partial charge in [0.05, 0.1) is 20.6 Å². The number of nitrogens with one attached hydrogen (secondary N) is 2. The van der Waals surface area contributed by atoms with Crippen LogP contribution in [-0.4, -0.2) is 64.4 Å². The molecule has 0 unspecified atom stereocenters. The van der Waals surface area contributed by atoms with E-state index < -0.39 is 21.5 Å². The van der Waals surface area contributed by atoms with Crippen molar-refractivity contribution in [1.29, 1.82) is 0 Å². The summed E-state index contributed by atoms with van der Waals surface area (Å²) in [4.78, 5) is 15.7. The summed E-state index contributed by atoms with van der Waals surface area (Å²) in [6.07, 6.45) is 4.21. The van der Waals surface area contributed by atoms with Gasteiger partial charge >= 0.3 is 0 Å². The van der Waals surface area contributed by atoms with Crippen molar-refractivity contribution in [2.75, 3.05) is 38.8 Å². The third-order valence-corrected chi connectivity index (χ3v) is 9.64. The van der Waals surface area contributed by atoms with Crippen LogP contribution in [0, 0.1) is 5.82 Å². The minimum Gasteiger partial charge on any atom is -0.379 e. The van der Waals surface area contributed by atoms with E-state index in [1.165, 1.54) is 31.4 Å². The van der Waals surface area contributed by atoms with Crippen molar-refractivity contribution >= 4 is 56.6 Å². The molecule has 0 saturated heterocycles. The molecule has 7 nitrogen and oxygen atoms in total. The van der Waals surface area contributed by atoms with Gasteiger partial charge in [-0.2, -0.15) is 0 Å². The van der Waals surface area contributed by atoms with Crippen molar-refractivity contribution in [3.05, 3.63) is 52.3 Å². The quantitative estimate of drug-likeness (QED) is 0.295. The topological polar surface area (TPSA) is 87.7 Å². The smallest absolute Gasteiger partial charge is 0.265 e. The van der Waals surface area contributed by atoms with Crippen LogP contribution in [0.15, 0.2) is 46.2 Å². The number of carbonyl (C=O) groups excluding carboxylic acids is 1. The molecule has 1 fully saturated rings. The maximum atomic E-state index is 13.3. The number of hydrogen-bond acceptors (Lipinski definition) is 7. The van der Waals surface area contributed by atoms with Crippen molar-refractivity contribution in [3.63, 3.8) is 0 Å². The molecular formula is C26H34Cl2FN3O4S2. The van der Waals surface area contributed by atoms with Crippen LogP contribution < -0.4 is 10.0 Å². The van der Waals surface area contributed by atoms with E-state index in [1.807, 2.05) is 14.1 Å². The summed E-state index contributed by atoms with van der Waals surface area (Å²) < 4.78 is 47.1. The predicted molar refractivity (Wildman–Crippen MR) is 152 cm³/mol. The first kappa shape index (κ1) is 31.0. The highest BCUT2D eigenvalue weighted by atomic mass is 35.5. The van der Waals surface area contributed by atoms with Gasteiger partial charge in [0.1, 0.15) is 11.4 Å². The first-order valence-corrected chi connectivity index (χ1v) is 15.6. The fourth-order valence-corrected chi connectivity index (χ4v) is 7.10. The fraction of sp³-hybridized carbons (Fsp3) is 0.500. The Morgan fingerprint density at radius 1 is 1.13 bits per heavy atom. The Morgan fingerprint density at radius 2 is 1.74 bits per heavy atom. The molecule has 0 spiro atoms. The average molecular weight is 607 g/mol. The van der Waals surface area contributed by atoms with Gasteiger partial charge in [-0.25, -0.2) is 17.5 Å². The zero-order chi connectivity index (χ0) is 27.9. The van der Waals surface area contributed by atoms with Crippen LogP contribution in [0.1, 0.15) is 38.5 Å². The Kier molecular flexibility index (Phi) is 11.1. The molecule has 0 aromatic heterocycles. The van der Waals surface area contributed by atoms with Crippen molar-refractivity contribution < 1.29 is 22.3 Å². The van der Waals surface area contributed by atoms with E-state index in [9.17, 15) is 17.6 Å². The van der Waals surface area contributed by atoms with Gasteiger partial charge < -0.3 is 15.0 Å². The minimum absolute atomic E-state index is 0.0718. The monoisotopic (exact) mass is 605 g/mol. The van der Waals surface area contributed by atoms with Gasteiger partial charge in [-0.3, -0.25) is 4.79 Å². The summed E-state index contributed by atoms with van der Waals surface area (Å²) in [5.41, 5.74) is -0.759. The number of ether oxygens (including phenoxy) is 1. The Morgan fingerprint density at radius 3 is 2.29 bits per heavy atom. The van der Waals surface area contributed by atoms with Crippen molar-refractivity contribution in [2.24, 2.45) is 0 Å². The van der Waals surface area contributed by atoms with Gasteiger partial charge in [0, 0.05) is 23.8 Å². The minimum atomic E-state index is -4.24. The third-order valence-electron chi connectivity index (χ3n) is 6.56. The number of sulfonamides is 1. The zero-order valence-corrected chi connectivity index (χ0v) is 24.9. The zero-order valence-electron chi connectivity index (χ0n) is 21.7. The molecule has 1 atom stereocenters. The van der Waals surface area contributed by atoms with Crippen LogP contribution in [0.3, 0.4) is 0 Å². The number of anilines is 1. The number of halogens is 3. The molecule has 1 saturated carbocycles. The van der Waals surface area contributed by atoms with E-state index in [0.717, 1.165) is 37.1 Å². The van der Waals surface area contributed by atoms with Crippen molar-refractivity contribution in [3.8, 4) is 0 Å². The van der Waals surface area contributed by atoms with Gasteiger partial charge in [-0.05, 0) is 76.3 Å². The van der Waals surface area contributed by atoms with E-state index in [4.69, 9.17) is 27.9 Å². The highest BCUT2D eigenvalue weighted by Crippen LogP contribution is 2.36. The third kappa shape index (κ3) is 8.22. The first-order valence-electron chi connectivity index (χ1n) is 12.4. The molecule has 210 valence electrons. The number of hydrogen-bond donors (Lipinski definition) is 2. The molecule has 2 aromatic rings. The second kappa shape index (κ2) is 13.7. The van der Waals surface area contributed by atoms with E-state index in [2.05, 4.69) is 14.9 Å². The number of amides is 1. The normalized spacial score (nSPS) is 16.3. The van der Waals surface area contributed by atoms with Gasteiger partial charge in [0.25, 0.3) is 15.9 Å². The van der Waals surface area contributed by atoms with Crippen LogP contribution in [-0.2, 0) is 19.6 Å². The lowest BCUT2D eigenvalue weighted by atomic mass is 9.84. The van der Waals surface area contributed by atoms with Crippen LogP contribution in [0.25, 0.3) is 0 Å². The van der Waals surface area contributed by atoms with Crippen molar-refractivity contribution in [2.45, 2.75) is 60.0 Å². The van der Waals surface area contributed by atoms with E-state index in [1.54, 1.807) is 23.9 Å². The van der Waals surface area contributed by atoms with E-state index in [-0.39, 0.29) is 26.8 Å². The average Bonchev–Trinajstić information content (AvgIpc) is 2.88. The second-order valence-corrected chi connectivity index (χ2v) is 13.2. The highest BCUT2D eigenvalue weighted by molar-refractivity contribution is 7.99. The van der Waals surface area contributed by atoms with Gasteiger partial charge in [-0.1, -0.05) is 42.5 Å². The largest absolute Gasteiger partial charge is 0.379 e. The number of thioether (sulfide) groups is 1. The highest BCUT2D eigenvalue weighted by Gasteiger charge is 2.41. The molecule has 1 aliphatic carbocycles. The summed E-state index contributed by atoms with van der Waals surface area (Å²) in [7, 11) is 1.13. The van der Waals surface area contributed by atoms with Crippen LogP contribution >= 0.6 is 35.0 Å². The Labute approximate surface area is 238 Å². The molecule has 3 rings (SSSR count). The Bertz CT molecular complexity index is 1180. The number of nitrogens with zero attached hydrogens (tertiary/aromatic N) is 1. The van der Waals surface area contributed by atoms with Crippen LogP contribution in [0.4, 0.5) is 10.1 Å². The SMILES string of the molecule is COC1(C(=O)NS(=O)(=O)c2cc(Cl)c(N[C@H](CCN(C)C)CSc3ccc(F)cc3)c(Cl)c2)CCCCC1. The summed E-state index contributed by atoms with van der Waals surface area (Å²) in [5.74, 6) is -0.338. The standard InChI is InChI=1S/C26H34Cl2FN3O4S2/c1-32(2)14-11-19(17-37-20-9-7-18(29)8-10-20)30-24-22(27)15-21(16-23(24)28)38(34,35)31-25(33)26(36-3)12-5-4-6-13-26/h7-10,15-16,19,30H,4-6,11-14,17H2,1-3H3,(H,31,33)/t19-/m1/s1. The van der Waals surface area contributed by atoms with Crippen molar-refractivity contribution in [1.82, 2.24) is 9.62 Å². The van der Waals surface area contributed by atoms with Gasteiger partial charge in [-0.15, -0.1) is 11.8 Å². The molecular weight excluding hydrogens is 572 g/mol. The summed E-state index contributed by atoms with van der Waals surface area (Å²) in [6, 6.07) is 8.76. The van der Waals surface area contributed by atoms with Gasteiger partial charge in [0.15, 0.2) is 0 Å². The first-order chi connectivity index (χ1) is 18.0. The molecule has 12 heteroatoms. The molecule has 0 aliphatic heterocycles. The second-order valence-electron chi connectivity index (χ2n) is 9.65. The number of carbonyl (C=O) groups is 1. The molecule has 2 aromatic carbocycles. The number of methoxy groups -OCH3 is 1. The lowest BCUT2D eigenvalue weighted by molar-refractivity contribution is -0.145. The van der Waals surface area contributed by atoms with E-state index in [0.29, 0.717) is 24.3 Å². The maximum Gasteiger partial charge on any atom is 0.265 e. The molecule has 0 radical (unpaired) electrons. The summed E-state index contributed by atoms with van der Waals surface area (Å²) in [6.45, 7) is 0.788. The van der Waals surface area contributed by atoms with E-state index >= 15 is 0 Å². The molecule has 38 heavy (non-hydrogen) atoms. The molecule has 1 amide bonds. The van der Waals surface area contributed by atoms with Gasteiger partial charge in [0.2, 0.25) is 0 Å². The predicted octanol–water partition coefficient (Wildman–Crippen LogP) is 5.81. The molecule has 0 heterocycles. The maximum absolute atomic E-state index is 13.3. The van der Waals surface area contributed by atoms with Crippen LogP contribution in [0.2, 0.25) is 10.0 Å². The summed E-state index contributed by atoms with van der Waals surface area (Å²) in [5, 5.41) is 3.58. The lowest BCUT2D eigenvalue weighted by Crippen LogP contribution is -2.51. The molecule has 0 bridgehead atoms. The fourth-order valence-electron chi connectivity index (χ4n) is 4.31. The summed E-state index contributed by atoms with van der Waals surface area (Å²) >= 11 is 14.6. The number of rotatable bonds is 12.